The summed E-state index contributed by atoms with van der Waals surface area (Å²) in [5, 5.41) is 14.3. The summed E-state index contributed by atoms with van der Waals surface area (Å²) >= 11 is 0. The number of hydrogen-bond acceptors (Lipinski definition) is 5. The molecule has 1 aromatic rings. The molecule has 2 heterocycles. The maximum absolute atomic E-state index is 11.6. The quantitative estimate of drug-likeness (QED) is 0.795. The van der Waals surface area contributed by atoms with E-state index in [1.165, 1.54) is 7.11 Å². The highest BCUT2D eigenvalue weighted by molar-refractivity contribution is 5.87. The van der Waals surface area contributed by atoms with Crippen LogP contribution < -0.4 is 5.32 Å². The first-order valence-corrected chi connectivity index (χ1v) is 7.06. The van der Waals surface area contributed by atoms with Gasteiger partial charge in [-0.1, -0.05) is 6.07 Å². The van der Waals surface area contributed by atoms with E-state index >= 15 is 0 Å². The van der Waals surface area contributed by atoms with Crippen LogP contribution in [-0.2, 0) is 10.3 Å². The topological polar surface area (TPSA) is 71.5 Å². The van der Waals surface area contributed by atoms with Crippen molar-refractivity contribution in [2.75, 3.05) is 20.2 Å². The van der Waals surface area contributed by atoms with Gasteiger partial charge in [0.1, 0.15) is 11.3 Å². The highest BCUT2D eigenvalue weighted by Gasteiger charge is 2.50. The molecule has 20 heavy (non-hydrogen) atoms. The van der Waals surface area contributed by atoms with Gasteiger partial charge in [-0.15, -0.1) is 0 Å². The summed E-state index contributed by atoms with van der Waals surface area (Å²) in [6.07, 6.45) is 3.52. The normalized spacial score (nSPS) is 32.7. The number of rotatable bonds is 2. The highest BCUT2D eigenvalue weighted by Crippen LogP contribution is 2.51. The SMILES string of the molecule is COC(=O)c1cccc(C2(O)CCC3(CCNC3)C2)n1. The number of esters is 1. The number of carbonyl (C=O) groups excluding carboxylic acids is 1. The number of pyridine rings is 1. The van der Waals surface area contributed by atoms with E-state index in [1.54, 1.807) is 18.2 Å². The molecule has 2 unspecified atom stereocenters. The van der Waals surface area contributed by atoms with Crippen LogP contribution in [0.25, 0.3) is 0 Å². The maximum Gasteiger partial charge on any atom is 0.356 e. The molecule has 0 bridgehead atoms. The minimum absolute atomic E-state index is 0.192. The molecule has 108 valence electrons. The number of hydrogen-bond donors (Lipinski definition) is 2. The van der Waals surface area contributed by atoms with E-state index in [0.29, 0.717) is 18.5 Å². The van der Waals surface area contributed by atoms with Crippen molar-refractivity contribution < 1.29 is 14.6 Å². The van der Waals surface area contributed by atoms with Crippen LogP contribution in [0.3, 0.4) is 0 Å². The predicted molar refractivity (Wildman–Crippen MR) is 73.2 cm³/mol. The molecule has 2 fully saturated rings. The summed E-state index contributed by atoms with van der Waals surface area (Å²) < 4.78 is 4.69. The smallest absolute Gasteiger partial charge is 0.356 e. The number of methoxy groups -OCH3 is 1. The third-order valence-corrected chi connectivity index (χ3v) is 4.69. The first-order valence-electron chi connectivity index (χ1n) is 7.06. The number of carbonyl (C=O) groups is 1. The highest BCUT2D eigenvalue weighted by atomic mass is 16.5. The van der Waals surface area contributed by atoms with E-state index in [2.05, 4.69) is 15.0 Å². The number of nitrogens with one attached hydrogen (secondary N) is 1. The second kappa shape index (κ2) is 4.82. The lowest BCUT2D eigenvalue weighted by Gasteiger charge is -2.26. The Morgan fingerprint density at radius 1 is 1.40 bits per heavy atom. The van der Waals surface area contributed by atoms with Crippen molar-refractivity contribution in [3.63, 3.8) is 0 Å². The molecular formula is C15H20N2O3. The summed E-state index contributed by atoms with van der Waals surface area (Å²) in [7, 11) is 1.33. The Balaban J connectivity index is 1.87. The molecule has 0 aromatic carbocycles. The molecule has 1 spiro atoms. The zero-order chi connectivity index (χ0) is 14.2. The Hall–Kier alpha value is -1.46. The van der Waals surface area contributed by atoms with Gasteiger partial charge in [-0.05, 0) is 49.8 Å². The largest absolute Gasteiger partial charge is 0.464 e. The number of ether oxygens (including phenoxy) is 1. The van der Waals surface area contributed by atoms with Crippen LogP contribution in [0, 0.1) is 5.41 Å². The van der Waals surface area contributed by atoms with Gasteiger partial charge in [-0.25, -0.2) is 9.78 Å². The van der Waals surface area contributed by atoms with Gasteiger partial charge in [-0.3, -0.25) is 0 Å². The maximum atomic E-state index is 11.6. The second-order valence-electron chi connectivity index (χ2n) is 6.03. The average Bonchev–Trinajstić information content (AvgIpc) is 3.07. The van der Waals surface area contributed by atoms with E-state index in [1.807, 2.05) is 0 Å². The molecule has 1 saturated carbocycles. The summed E-state index contributed by atoms with van der Waals surface area (Å²) in [6, 6.07) is 5.17. The van der Waals surface area contributed by atoms with Gasteiger partial charge in [-0.2, -0.15) is 0 Å². The second-order valence-corrected chi connectivity index (χ2v) is 6.03. The third kappa shape index (κ3) is 2.21. The first kappa shape index (κ1) is 13.5. The Labute approximate surface area is 118 Å². The summed E-state index contributed by atoms with van der Waals surface area (Å²) in [4.78, 5) is 15.9. The minimum atomic E-state index is -0.921. The van der Waals surface area contributed by atoms with E-state index in [-0.39, 0.29) is 11.1 Å². The minimum Gasteiger partial charge on any atom is -0.464 e. The molecule has 1 aliphatic heterocycles. The van der Waals surface area contributed by atoms with Crippen molar-refractivity contribution >= 4 is 5.97 Å². The summed E-state index contributed by atoms with van der Waals surface area (Å²) in [5.74, 6) is -0.467. The van der Waals surface area contributed by atoms with Gasteiger partial charge >= 0.3 is 5.97 Å². The summed E-state index contributed by atoms with van der Waals surface area (Å²) in [6.45, 7) is 1.98. The van der Waals surface area contributed by atoms with Crippen molar-refractivity contribution in [2.45, 2.75) is 31.3 Å². The van der Waals surface area contributed by atoms with Crippen molar-refractivity contribution in [3.8, 4) is 0 Å². The van der Waals surface area contributed by atoms with Crippen LogP contribution in [0.4, 0.5) is 0 Å². The molecule has 0 radical (unpaired) electrons. The molecule has 1 aromatic heterocycles. The fourth-order valence-electron chi connectivity index (χ4n) is 3.56. The average molecular weight is 276 g/mol. The van der Waals surface area contributed by atoms with E-state index in [9.17, 15) is 9.90 Å². The molecule has 1 saturated heterocycles. The predicted octanol–water partition coefficient (Wildman–Crippen LogP) is 1.22. The molecule has 5 nitrogen and oxygen atoms in total. The summed E-state index contributed by atoms with van der Waals surface area (Å²) in [5.41, 5.74) is 0.112. The lowest BCUT2D eigenvalue weighted by atomic mass is 9.83. The van der Waals surface area contributed by atoms with Gasteiger partial charge in [0, 0.05) is 6.54 Å². The zero-order valence-electron chi connectivity index (χ0n) is 11.7. The Morgan fingerprint density at radius 2 is 2.25 bits per heavy atom. The molecule has 2 N–H and O–H groups in total. The molecule has 3 rings (SSSR count). The van der Waals surface area contributed by atoms with Gasteiger partial charge in [0.25, 0.3) is 0 Å². The Morgan fingerprint density at radius 3 is 2.95 bits per heavy atom. The monoisotopic (exact) mass is 276 g/mol. The first-order chi connectivity index (χ1) is 9.57. The standard InChI is InChI=1S/C15H20N2O3/c1-20-13(18)11-3-2-4-12(17-11)15(19)6-5-14(9-15)7-8-16-10-14/h2-4,16,19H,5-10H2,1H3. The molecular weight excluding hydrogens is 256 g/mol. The van der Waals surface area contributed by atoms with E-state index < -0.39 is 11.6 Å². The van der Waals surface area contributed by atoms with Crippen LogP contribution in [0.15, 0.2) is 18.2 Å². The Kier molecular flexibility index (Phi) is 3.26. The Bertz CT molecular complexity index is 526. The van der Waals surface area contributed by atoms with Crippen LogP contribution in [0.5, 0.6) is 0 Å². The van der Waals surface area contributed by atoms with Crippen molar-refractivity contribution in [1.29, 1.82) is 0 Å². The van der Waals surface area contributed by atoms with E-state index in [0.717, 1.165) is 25.9 Å². The molecule has 5 heteroatoms. The number of nitrogens with zero attached hydrogens (tertiary/aromatic N) is 1. The van der Waals surface area contributed by atoms with Gasteiger partial charge in [0.15, 0.2) is 0 Å². The van der Waals surface area contributed by atoms with Crippen LogP contribution >= 0.6 is 0 Å². The van der Waals surface area contributed by atoms with Gasteiger partial charge < -0.3 is 15.2 Å². The van der Waals surface area contributed by atoms with Crippen molar-refractivity contribution in [2.24, 2.45) is 5.41 Å². The van der Waals surface area contributed by atoms with Crippen LogP contribution in [-0.4, -0.2) is 36.3 Å². The van der Waals surface area contributed by atoms with Gasteiger partial charge in [0.2, 0.25) is 0 Å². The fraction of sp³-hybridized carbons (Fsp3) is 0.600. The van der Waals surface area contributed by atoms with Crippen molar-refractivity contribution in [1.82, 2.24) is 10.3 Å². The lowest BCUT2D eigenvalue weighted by molar-refractivity contribution is 0.0273. The van der Waals surface area contributed by atoms with Crippen LogP contribution in [0.2, 0.25) is 0 Å². The van der Waals surface area contributed by atoms with E-state index in [4.69, 9.17) is 0 Å². The molecule has 2 atom stereocenters. The lowest BCUT2D eigenvalue weighted by Crippen LogP contribution is -2.28. The number of aromatic nitrogens is 1. The zero-order valence-corrected chi connectivity index (χ0v) is 11.7. The molecule has 1 aliphatic carbocycles. The molecule has 0 amide bonds. The van der Waals surface area contributed by atoms with Gasteiger partial charge in [0.05, 0.1) is 12.8 Å². The van der Waals surface area contributed by atoms with Crippen LogP contribution in [0.1, 0.15) is 41.9 Å². The van der Waals surface area contributed by atoms with Crippen molar-refractivity contribution in [3.05, 3.63) is 29.6 Å². The molecule has 2 aliphatic rings. The number of aliphatic hydroxyl groups is 1. The third-order valence-electron chi connectivity index (χ3n) is 4.69. The fourth-order valence-corrected chi connectivity index (χ4v) is 3.56.